The molecular weight excluding hydrogens is 550 g/mol. The maximum atomic E-state index is 14.2. The van der Waals surface area contributed by atoms with Gasteiger partial charge in [0.25, 0.3) is 5.60 Å². The minimum Gasteiger partial charge on any atom is -0.374 e. The summed E-state index contributed by atoms with van der Waals surface area (Å²) in [5, 5.41) is 15.3. The Kier molecular flexibility index (Phi) is 6.83. The van der Waals surface area contributed by atoms with Gasteiger partial charge in [-0.15, -0.1) is 0 Å². The van der Waals surface area contributed by atoms with Crippen molar-refractivity contribution in [2.45, 2.75) is 41.5 Å². The van der Waals surface area contributed by atoms with E-state index in [-0.39, 0.29) is 36.8 Å². The quantitative estimate of drug-likeness (QED) is 0.501. The highest BCUT2D eigenvalue weighted by atomic mass is 35.5. The first-order valence-corrected chi connectivity index (χ1v) is 12.5. The van der Waals surface area contributed by atoms with Crippen LogP contribution >= 0.6 is 34.8 Å². The highest BCUT2D eigenvalue weighted by Gasteiger charge is 2.62. The lowest BCUT2D eigenvalue weighted by atomic mass is 9.86. The maximum absolute atomic E-state index is 14.2. The van der Waals surface area contributed by atoms with Gasteiger partial charge in [0.1, 0.15) is 11.3 Å². The third kappa shape index (κ3) is 5.14. The normalized spacial score (nSPS) is 21.5. The Bertz CT molecular complexity index is 1290. The Morgan fingerprint density at radius 1 is 1.17 bits per heavy atom. The van der Waals surface area contributed by atoms with Gasteiger partial charge in [0.15, 0.2) is 0 Å². The summed E-state index contributed by atoms with van der Waals surface area (Å²) >= 11 is 18.1. The summed E-state index contributed by atoms with van der Waals surface area (Å²) in [5.74, 6) is -0.981. The first-order valence-electron chi connectivity index (χ1n) is 10.1. The molecule has 0 bridgehead atoms. The number of amides is 1. The molecule has 2 unspecified atom stereocenters. The number of benzene rings is 2. The van der Waals surface area contributed by atoms with E-state index in [0.29, 0.717) is 12.8 Å². The molecule has 0 spiro atoms. The largest absolute Gasteiger partial charge is 0.435 e. The van der Waals surface area contributed by atoms with E-state index in [2.05, 4.69) is 10.5 Å². The van der Waals surface area contributed by atoms with Gasteiger partial charge in [-0.3, -0.25) is 9.00 Å². The second kappa shape index (κ2) is 9.28. The second-order valence-electron chi connectivity index (χ2n) is 8.17. The Morgan fingerprint density at radius 3 is 2.37 bits per heavy atom. The lowest BCUT2D eigenvalue weighted by Gasteiger charge is -2.29. The number of hydrogen-bond acceptors (Lipinski definition) is 5. The number of nitrogens with one attached hydrogen (secondary N) is 1. The molecule has 13 heteroatoms. The van der Waals surface area contributed by atoms with Gasteiger partial charge in [-0.1, -0.05) is 46.0 Å². The average molecular weight is 565 g/mol. The molecule has 0 aromatic heterocycles. The summed E-state index contributed by atoms with van der Waals surface area (Å²) in [6, 6.07) is 9.59. The standard InChI is InChI=1S/C22H15Cl3F3N3O3S/c23-14-6-13(7-15(24)8-14)21(22(26,27)28)9-17(31-34-21)12-1-2-18(16(25)5-12)35(33)10-19(32)30-20(11-29)3-4-20/h1-2,5-8H,3-4,9-10H2,(H,30,32). The number of halogens is 6. The summed E-state index contributed by atoms with van der Waals surface area (Å²) in [7, 11) is -1.84. The van der Waals surface area contributed by atoms with E-state index in [4.69, 9.17) is 44.9 Å². The molecule has 6 nitrogen and oxygen atoms in total. The first-order chi connectivity index (χ1) is 16.4. The predicted molar refractivity (Wildman–Crippen MR) is 125 cm³/mol. The fourth-order valence-electron chi connectivity index (χ4n) is 3.60. The van der Waals surface area contributed by atoms with Gasteiger partial charge in [0.05, 0.1) is 32.5 Å². The van der Waals surface area contributed by atoms with E-state index in [1.165, 1.54) is 24.3 Å². The Balaban J connectivity index is 1.54. The Morgan fingerprint density at radius 2 is 1.83 bits per heavy atom. The fourth-order valence-corrected chi connectivity index (χ4v) is 5.53. The number of carbonyl (C=O) groups excluding carboxylic acids is 1. The van der Waals surface area contributed by atoms with Crippen LogP contribution in [-0.4, -0.2) is 33.3 Å². The molecular formula is C22H15Cl3F3N3O3S. The van der Waals surface area contributed by atoms with Crippen molar-refractivity contribution in [3.8, 4) is 6.07 Å². The van der Waals surface area contributed by atoms with Crippen molar-refractivity contribution in [1.82, 2.24) is 5.32 Å². The van der Waals surface area contributed by atoms with Crippen molar-refractivity contribution >= 4 is 57.2 Å². The number of nitrogens with zero attached hydrogens (tertiary/aromatic N) is 2. The van der Waals surface area contributed by atoms with Crippen molar-refractivity contribution in [2.75, 3.05) is 5.75 Å². The zero-order chi connectivity index (χ0) is 25.6. The zero-order valence-electron chi connectivity index (χ0n) is 17.6. The number of rotatable bonds is 6. The molecule has 35 heavy (non-hydrogen) atoms. The molecule has 2 aromatic carbocycles. The third-order valence-corrected chi connectivity index (χ3v) is 7.86. The van der Waals surface area contributed by atoms with Crippen LogP contribution in [0.15, 0.2) is 46.4 Å². The topological polar surface area (TPSA) is 91.6 Å². The second-order valence-corrected chi connectivity index (χ2v) is 10.9. The summed E-state index contributed by atoms with van der Waals surface area (Å²) < 4.78 is 55.1. The van der Waals surface area contributed by atoms with Crippen LogP contribution in [0.1, 0.15) is 30.4 Å². The molecule has 0 radical (unpaired) electrons. The van der Waals surface area contributed by atoms with Crippen molar-refractivity contribution in [1.29, 1.82) is 5.26 Å². The summed E-state index contributed by atoms with van der Waals surface area (Å²) in [4.78, 5) is 17.2. The molecule has 1 aliphatic carbocycles. The lowest BCUT2D eigenvalue weighted by molar-refractivity contribution is -0.275. The number of oxime groups is 1. The Labute approximate surface area is 215 Å². The minimum absolute atomic E-state index is 0.00876. The maximum Gasteiger partial charge on any atom is 0.435 e. The van der Waals surface area contributed by atoms with Gasteiger partial charge in [-0.2, -0.15) is 18.4 Å². The summed E-state index contributed by atoms with van der Waals surface area (Å²) in [5.41, 5.74) is -3.82. The van der Waals surface area contributed by atoms with Crippen LogP contribution in [0, 0.1) is 11.3 Å². The molecule has 2 atom stereocenters. The van der Waals surface area contributed by atoms with E-state index >= 15 is 0 Å². The zero-order valence-corrected chi connectivity index (χ0v) is 20.7. The van der Waals surface area contributed by atoms with E-state index in [0.717, 1.165) is 12.1 Å². The molecule has 2 aromatic rings. The SMILES string of the molecule is N#CC1(NC(=O)CS(=O)c2ccc(C3=NOC(c4cc(Cl)cc(Cl)c4)(C(F)(F)F)C3)cc2Cl)CC1. The number of alkyl halides is 3. The molecule has 1 saturated carbocycles. The van der Waals surface area contributed by atoms with Crippen molar-refractivity contribution in [3.63, 3.8) is 0 Å². The predicted octanol–water partition coefficient (Wildman–Crippen LogP) is 5.51. The van der Waals surface area contributed by atoms with Crippen LogP contribution in [0.4, 0.5) is 13.2 Å². The molecule has 0 saturated heterocycles. The molecule has 1 fully saturated rings. The van der Waals surface area contributed by atoms with Gasteiger partial charge in [0, 0.05) is 27.6 Å². The molecule has 2 aliphatic rings. The van der Waals surface area contributed by atoms with Crippen LogP contribution < -0.4 is 5.32 Å². The minimum atomic E-state index is -4.85. The van der Waals surface area contributed by atoms with Gasteiger partial charge in [-0.25, -0.2) is 0 Å². The number of carbonyl (C=O) groups is 1. The van der Waals surface area contributed by atoms with Crippen LogP contribution in [0.3, 0.4) is 0 Å². The van der Waals surface area contributed by atoms with Gasteiger partial charge >= 0.3 is 6.18 Å². The van der Waals surface area contributed by atoms with E-state index in [9.17, 15) is 22.2 Å². The van der Waals surface area contributed by atoms with Crippen LogP contribution in [0.5, 0.6) is 0 Å². The third-order valence-electron chi connectivity index (χ3n) is 5.63. The van der Waals surface area contributed by atoms with Crippen molar-refractivity contribution in [2.24, 2.45) is 5.16 Å². The van der Waals surface area contributed by atoms with Crippen molar-refractivity contribution < 1.29 is 27.0 Å². The molecule has 1 amide bonds. The number of hydrogen-bond donors (Lipinski definition) is 1. The van der Waals surface area contributed by atoms with Gasteiger partial charge in [0.2, 0.25) is 5.91 Å². The van der Waals surface area contributed by atoms with E-state index < -0.39 is 46.2 Å². The average Bonchev–Trinajstić information content (AvgIpc) is 3.36. The van der Waals surface area contributed by atoms with Gasteiger partial charge in [-0.05, 0) is 43.2 Å². The van der Waals surface area contributed by atoms with Crippen LogP contribution in [0.25, 0.3) is 0 Å². The molecule has 4 rings (SSSR count). The van der Waals surface area contributed by atoms with E-state index in [1.807, 2.05) is 6.07 Å². The van der Waals surface area contributed by atoms with Gasteiger partial charge < -0.3 is 10.2 Å². The summed E-state index contributed by atoms with van der Waals surface area (Å²) in [6.07, 6.45) is -4.47. The molecule has 184 valence electrons. The smallest absolute Gasteiger partial charge is 0.374 e. The lowest BCUT2D eigenvalue weighted by Crippen LogP contribution is -2.42. The highest BCUT2D eigenvalue weighted by molar-refractivity contribution is 7.85. The highest BCUT2D eigenvalue weighted by Crippen LogP contribution is 2.49. The Hall–Kier alpha value is -2.32. The molecule has 1 heterocycles. The van der Waals surface area contributed by atoms with Crippen molar-refractivity contribution in [3.05, 3.63) is 62.6 Å². The van der Waals surface area contributed by atoms with Crippen LogP contribution in [0.2, 0.25) is 15.1 Å². The van der Waals surface area contributed by atoms with Crippen LogP contribution in [-0.2, 0) is 26.0 Å². The first kappa shape index (κ1) is 25.8. The van der Waals surface area contributed by atoms with E-state index in [1.54, 1.807) is 0 Å². The summed E-state index contributed by atoms with van der Waals surface area (Å²) in [6.45, 7) is 0. The number of nitriles is 1. The fraction of sp³-hybridized carbons (Fsp3) is 0.318. The molecule has 1 N–H and O–H groups in total. The monoisotopic (exact) mass is 563 g/mol. The molecule has 1 aliphatic heterocycles.